The minimum atomic E-state index is 0.0876. The number of rotatable bonds is 3. The van der Waals surface area contributed by atoms with Crippen molar-refractivity contribution in [1.29, 1.82) is 0 Å². The van der Waals surface area contributed by atoms with Crippen molar-refractivity contribution < 1.29 is 0 Å². The third-order valence-electron chi connectivity index (χ3n) is 6.75. The van der Waals surface area contributed by atoms with E-state index in [-0.39, 0.29) is 5.41 Å². The summed E-state index contributed by atoms with van der Waals surface area (Å²) in [7, 11) is 0. The van der Waals surface area contributed by atoms with Crippen LogP contribution in [0.25, 0.3) is 5.57 Å². The van der Waals surface area contributed by atoms with E-state index in [1.54, 1.807) is 0 Å². The van der Waals surface area contributed by atoms with Crippen LogP contribution >= 0.6 is 11.8 Å². The average Bonchev–Trinajstić information content (AvgIpc) is 2.85. The van der Waals surface area contributed by atoms with E-state index in [9.17, 15) is 0 Å². The SMILES string of the molecule is C=C1/C=C\C=C(\N/C2=C(C3CCCCC3)/C=C\CC#CC2)CSc2c1cccc2C(C)(C)C. The molecule has 0 radical (unpaired) electrons. The van der Waals surface area contributed by atoms with Gasteiger partial charge in [0, 0.05) is 34.9 Å². The smallest absolute Gasteiger partial charge is 0.0494 e. The molecule has 1 saturated carbocycles. The first-order valence-electron chi connectivity index (χ1n) is 12.4. The molecule has 0 amide bonds. The maximum absolute atomic E-state index is 4.37. The van der Waals surface area contributed by atoms with E-state index < -0.39 is 0 Å². The molecule has 1 N–H and O–H groups in total. The van der Waals surface area contributed by atoms with Crippen LogP contribution in [-0.2, 0) is 5.41 Å². The van der Waals surface area contributed by atoms with Gasteiger partial charge in [0.05, 0.1) is 0 Å². The van der Waals surface area contributed by atoms with Crippen molar-refractivity contribution in [3.8, 4) is 11.8 Å². The molecule has 4 rings (SSSR count). The summed E-state index contributed by atoms with van der Waals surface area (Å²) in [4.78, 5) is 1.35. The van der Waals surface area contributed by atoms with Crippen molar-refractivity contribution in [3.63, 3.8) is 0 Å². The van der Waals surface area contributed by atoms with Crippen molar-refractivity contribution in [3.05, 3.63) is 83.3 Å². The van der Waals surface area contributed by atoms with Crippen molar-refractivity contribution >= 4 is 17.3 Å². The van der Waals surface area contributed by atoms with Gasteiger partial charge in [-0.15, -0.1) is 11.8 Å². The summed E-state index contributed by atoms with van der Waals surface area (Å²) in [5, 5.41) is 3.86. The quantitative estimate of drug-likeness (QED) is 0.460. The fourth-order valence-corrected chi connectivity index (χ4v) is 6.31. The van der Waals surface area contributed by atoms with Gasteiger partial charge in [-0.25, -0.2) is 0 Å². The molecule has 33 heavy (non-hydrogen) atoms. The Hall–Kier alpha value is -2.37. The van der Waals surface area contributed by atoms with E-state index >= 15 is 0 Å². The lowest BCUT2D eigenvalue weighted by Crippen LogP contribution is -2.20. The van der Waals surface area contributed by atoms with Crippen LogP contribution < -0.4 is 5.32 Å². The fourth-order valence-electron chi connectivity index (χ4n) is 4.96. The number of thioether (sulfide) groups is 1. The minimum absolute atomic E-state index is 0.0876. The van der Waals surface area contributed by atoms with Crippen molar-refractivity contribution in [2.45, 2.75) is 76.0 Å². The van der Waals surface area contributed by atoms with Gasteiger partial charge in [0.25, 0.3) is 0 Å². The molecule has 1 aromatic carbocycles. The lowest BCUT2D eigenvalue weighted by Gasteiger charge is -2.27. The molecule has 3 aliphatic rings. The molecule has 0 bridgehead atoms. The number of fused-ring (bicyclic) bond motifs is 1. The number of hydrogen-bond donors (Lipinski definition) is 1. The van der Waals surface area contributed by atoms with E-state index in [4.69, 9.17) is 0 Å². The maximum atomic E-state index is 4.37. The van der Waals surface area contributed by atoms with Gasteiger partial charge in [-0.1, -0.05) is 101 Å². The van der Waals surface area contributed by atoms with E-state index in [1.165, 1.54) is 65.1 Å². The van der Waals surface area contributed by atoms with Crippen LogP contribution in [0.1, 0.15) is 76.8 Å². The monoisotopic (exact) mass is 455 g/mol. The molecule has 0 atom stereocenters. The van der Waals surface area contributed by atoms with Gasteiger partial charge < -0.3 is 5.32 Å². The normalized spacial score (nSPS) is 25.5. The summed E-state index contributed by atoms with van der Waals surface area (Å²) in [5.41, 5.74) is 7.82. The molecule has 0 spiro atoms. The summed E-state index contributed by atoms with van der Waals surface area (Å²) in [6.07, 6.45) is 19.5. The highest BCUT2D eigenvalue weighted by Crippen LogP contribution is 2.39. The van der Waals surface area contributed by atoms with Crippen LogP contribution in [-0.4, -0.2) is 5.75 Å². The fraction of sp³-hybridized carbons (Fsp3) is 0.419. The molecule has 1 aliphatic heterocycles. The van der Waals surface area contributed by atoms with Crippen LogP contribution in [0.5, 0.6) is 0 Å². The Morgan fingerprint density at radius 2 is 1.88 bits per heavy atom. The average molecular weight is 456 g/mol. The van der Waals surface area contributed by atoms with E-state index in [0.717, 1.165) is 24.2 Å². The van der Waals surface area contributed by atoms with E-state index in [0.29, 0.717) is 5.92 Å². The molecule has 1 nitrogen and oxygen atoms in total. The highest BCUT2D eigenvalue weighted by atomic mass is 32.2. The maximum Gasteiger partial charge on any atom is 0.0494 e. The highest BCUT2D eigenvalue weighted by molar-refractivity contribution is 7.99. The van der Waals surface area contributed by atoms with Gasteiger partial charge in [-0.3, -0.25) is 0 Å². The summed E-state index contributed by atoms with van der Waals surface area (Å²) in [5.74, 6) is 8.25. The second-order valence-electron chi connectivity index (χ2n) is 10.3. The lowest BCUT2D eigenvalue weighted by molar-refractivity contribution is 0.404. The van der Waals surface area contributed by atoms with Crippen LogP contribution in [0.2, 0.25) is 0 Å². The molecule has 1 aromatic rings. The van der Waals surface area contributed by atoms with Gasteiger partial charge in [0.15, 0.2) is 0 Å². The predicted molar refractivity (Wildman–Crippen MR) is 145 cm³/mol. The topological polar surface area (TPSA) is 12.0 Å². The predicted octanol–water partition coefficient (Wildman–Crippen LogP) is 8.32. The molecule has 2 aliphatic carbocycles. The molecule has 0 aromatic heterocycles. The zero-order valence-corrected chi connectivity index (χ0v) is 21.3. The third-order valence-corrected chi connectivity index (χ3v) is 7.93. The summed E-state index contributed by atoms with van der Waals surface area (Å²) in [6, 6.07) is 6.66. The van der Waals surface area contributed by atoms with E-state index in [1.807, 2.05) is 11.8 Å². The molecule has 172 valence electrons. The first-order chi connectivity index (χ1) is 15.9. The molecule has 0 saturated heterocycles. The minimum Gasteiger partial charge on any atom is -0.361 e. The Morgan fingerprint density at radius 1 is 1.06 bits per heavy atom. The first-order valence-corrected chi connectivity index (χ1v) is 13.4. The van der Waals surface area contributed by atoms with Crippen LogP contribution in [0.3, 0.4) is 0 Å². The van der Waals surface area contributed by atoms with Gasteiger partial charge in [0.1, 0.15) is 0 Å². The second kappa shape index (κ2) is 10.7. The van der Waals surface area contributed by atoms with Gasteiger partial charge in [-0.05, 0) is 52.5 Å². The Bertz CT molecular complexity index is 1070. The van der Waals surface area contributed by atoms with Crippen LogP contribution in [0.4, 0.5) is 0 Å². The second-order valence-corrected chi connectivity index (χ2v) is 11.3. The number of allylic oxidation sites excluding steroid dienone is 8. The number of nitrogens with one attached hydrogen (secondary N) is 1. The number of benzene rings is 1. The third kappa shape index (κ3) is 5.96. The van der Waals surface area contributed by atoms with Crippen LogP contribution in [0, 0.1) is 17.8 Å². The molecule has 2 heteroatoms. The standard InChI is InChI=1S/C31H37NS/c1-23-14-12-17-25(22-33-30-26(23)19-13-20-28(30)31(2,3)4)32-29-21-11-6-5-10-18-27(29)24-15-8-7-9-16-24/h10,12-14,17-20,24,32H,1,5,7-9,15-16,21-22H2,2-4H3/b14-12-,18-10-,25-17+,29-27-. The van der Waals surface area contributed by atoms with Crippen molar-refractivity contribution in [1.82, 2.24) is 5.32 Å². The van der Waals surface area contributed by atoms with Gasteiger partial charge in [0.2, 0.25) is 0 Å². The summed E-state index contributed by atoms with van der Waals surface area (Å²) < 4.78 is 0. The molecule has 0 unspecified atom stereocenters. The Balaban J connectivity index is 1.66. The zero-order chi connectivity index (χ0) is 23.3. The van der Waals surface area contributed by atoms with Crippen molar-refractivity contribution in [2.24, 2.45) is 5.92 Å². The largest absolute Gasteiger partial charge is 0.361 e. The Morgan fingerprint density at radius 3 is 2.67 bits per heavy atom. The lowest BCUT2D eigenvalue weighted by atomic mass is 9.82. The molecular weight excluding hydrogens is 418 g/mol. The Labute approximate surface area is 205 Å². The Kier molecular flexibility index (Phi) is 7.71. The highest BCUT2D eigenvalue weighted by Gasteiger charge is 2.23. The molecule has 1 fully saturated rings. The molecular formula is C31H37NS. The number of hydrogen-bond acceptors (Lipinski definition) is 2. The van der Waals surface area contributed by atoms with Crippen molar-refractivity contribution in [2.75, 3.05) is 5.75 Å². The summed E-state index contributed by atoms with van der Waals surface area (Å²) >= 11 is 1.93. The zero-order valence-electron chi connectivity index (χ0n) is 20.5. The van der Waals surface area contributed by atoms with Gasteiger partial charge >= 0.3 is 0 Å². The summed E-state index contributed by atoms with van der Waals surface area (Å²) in [6.45, 7) is 11.3. The molecule has 1 heterocycles. The van der Waals surface area contributed by atoms with E-state index in [2.05, 4.69) is 93.1 Å². The first kappa shape index (κ1) is 23.8. The van der Waals surface area contributed by atoms with Crippen LogP contribution in [0.15, 0.2) is 77.0 Å². The van der Waals surface area contributed by atoms with Gasteiger partial charge in [-0.2, -0.15) is 0 Å².